The van der Waals surface area contributed by atoms with Crippen molar-refractivity contribution in [2.75, 3.05) is 39.3 Å². The van der Waals surface area contributed by atoms with Crippen LogP contribution in [0.2, 0.25) is 0 Å². The molecule has 0 aromatic rings. The molecule has 34 heteroatoms. The van der Waals surface area contributed by atoms with Crippen molar-refractivity contribution in [2.24, 2.45) is 34.8 Å². The highest BCUT2D eigenvalue weighted by Crippen LogP contribution is 2.22. The van der Waals surface area contributed by atoms with Gasteiger partial charge in [-0.3, -0.25) is 57.5 Å². The number of aliphatic carboxylic acids is 4. The van der Waals surface area contributed by atoms with Crippen LogP contribution in [0.25, 0.3) is 0 Å². The molecule has 10 amide bonds. The summed E-state index contributed by atoms with van der Waals surface area (Å²) in [4.78, 5) is 176. The standard InChI is InChI=1S/2C28H49N7O10/c2*1-15(2)13-17(30)27(43)35-12-6-8-20(35)25(41)33-18(7-4-5-11-29)24(40)34-23(16(3)36)26(42)31-14-21(37)32-19(28(44)45)9-10-22(38)39/h2*15-20,23,36H,4-14,29-30H2,1-3H3,(H,31,42)(H,32,37)(H,33,41)(H,34,40)(H,38,39)(H,44,45). The summed E-state index contributed by atoms with van der Waals surface area (Å²) in [5.41, 5.74) is 23.3. The van der Waals surface area contributed by atoms with Gasteiger partial charge in [0.2, 0.25) is 59.1 Å². The molecule has 0 spiro atoms. The fourth-order valence-corrected chi connectivity index (χ4v) is 9.72. The van der Waals surface area contributed by atoms with Gasteiger partial charge in [-0.2, -0.15) is 0 Å². The molecule has 2 fully saturated rings. The first-order valence-corrected chi connectivity index (χ1v) is 30.3. The third kappa shape index (κ3) is 29.8. The highest BCUT2D eigenvalue weighted by atomic mass is 16.4. The van der Waals surface area contributed by atoms with Gasteiger partial charge < -0.3 is 106 Å². The van der Waals surface area contributed by atoms with Crippen molar-refractivity contribution in [3.63, 3.8) is 0 Å². The first-order chi connectivity index (χ1) is 42.2. The molecule has 22 N–H and O–H groups in total. The first-order valence-electron chi connectivity index (χ1n) is 30.3. The summed E-state index contributed by atoms with van der Waals surface area (Å²) < 4.78 is 0. The van der Waals surface area contributed by atoms with Gasteiger partial charge in [0.15, 0.2) is 0 Å². The number of carbonyl (C=O) groups excluding carboxylic acids is 10. The molecule has 2 aliphatic rings. The highest BCUT2D eigenvalue weighted by Gasteiger charge is 2.41. The van der Waals surface area contributed by atoms with Crippen LogP contribution in [0.3, 0.4) is 0 Å². The van der Waals surface area contributed by atoms with Crippen molar-refractivity contribution in [1.82, 2.24) is 52.3 Å². The van der Waals surface area contributed by atoms with E-state index in [1.54, 1.807) is 0 Å². The maximum Gasteiger partial charge on any atom is 0.326 e. The first kappa shape index (κ1) is 80.4. The van der Waals surface area contributed by atoms with Crippen LogP contribution in [0.5, 0.6) is 0 Å². The molecule has 0 aromatic heterocycles. The van der Waals surface area contributed by atoms with Gasteiger partial charge in [-0.1, -0.05) is 27.7 Å². The number of carbonyl (C=O) groups is 14. The van der Waals surface area contributed by atoms with Gasteiger partial charge in [0, 0.05) is 25.9 Å². The van der Waals surface area contributed by atoms with Crippen molar-refractivity contribution < 1.29 is 97.8 Å². The molecule has 0 aliphatic carbocycles. The van der Waals surface area contributed by atoms with Crippen LogP contribution in [-0.2, 0) is 67.1 Å². The molecule has 2 saturated heterocycles. The fraction of sp³-hybridized carbons (Fsp3) is 0.750. The zero-order valence-electron chi connectivity index (χ0n) is 52.2. The Kier molecular flexibility index (Phi) is 37.1. The normalized spacial score (nSPS) is 17.8. The van der Waals surface area contributed by atoms with E-state index in [1.807, 2.05) is 27.7 Å². The quantitative estimate of drug-likeness (QED) is 0.0255. The van der Waals surface area contributed by atoms with Crippen LogP contribution in [0.1, 0.15) is 144 Å². The van der Waals surface area contributed by atoms with Crippen molar-refractivity contribution in [3.05, 3.63) is 0 Å². The second-order valence-electron chi connectivity index (χ2n) is 23.2. The van der Waals surface area contributed by atoms with Gasteiger partial charge in [0.1, 0.15) is 48.3 Å². The van der Waals surface area contributed by atoms with E-state index in [0.717, 1.165) is 0 Å². The lowest BCUT2D eigenvalue weighted by atomic mass is 10.0. The monoisotopic (exact) mass is 1290 g/mol. The van der Waals surface area contributed by atoms with Crippen LogP contribution < -0.4 is 65.5 Å². The minimum atomic E-state index is -1.56. The van der Waals surface area contributed by atoms with E-state index in [4.69, 9.17) is 33.1 Å². The zero-order valence-corrected chi connectivity index (χ0v) is 52.2. The van der Waals surface area contributed by atoms with E-state index in [-0.39, 0.29) is 49.3 Å². The molecular formula is C56H98N14O20. The molecular weight excluding hydrogens is 1190 g/mol. The van der Waals surface area contributed by atoms with Crippen LogP contribution in [0.15, 0.2) is 0 Å². The summed E-state index contributed by atoms with van der Waals surface area (Å²) in [5.74, 6) is -12.3. The third-order valence-electron chi connectivity index (χ3n) is 14.5. The number of hydrogen-bond donors (Lipinski definition) is 18. The predicted octanol–water partition coefficient (Wildman–Crippen LogP) is -5.24. The number of carboxylic acids is 4. The summed E-state index contributed by atoms with van der Waals surface area (Å²) in [6, 6.07) is -11.6. The van der Waals surface area contributed by atoms with Crippen molar-refractivity contribution >= 4 is 82.9 Å². The number of nitrogens with two attached hydrogens (primary N) is 4. The third-order valence-corrected chi connectivity index (χ3v) is 14.5. The number of rotatable bonds is 40. The molecule has 34 nitrogen and oxygen atoms in total. The summed E-state index contributed by atoms with van der Waals surface area (Å²) in [6.07, 6.45) is 0.391. The molecule has 2 rings (SSSR count). The van der Waals surface area contributed by atoms with E-state index >= 15 is 0 Å². The van der Waals surface area contributed by atoms with Crippen LogP contribution in [0.4, 0.5) is 0 Å². The molecule has 512 valence electrons. The molecule has 12 atom stereocenters. The number of unbranched alkanes of at least 4 members (excludes halogenated alkanes) is 2. The fourth-order valence-electron chi connectivity index (χ4n) is 9.72. The minimum Gasteiger partial charge on any atom is -0.481 e. The van der Waals surface area contributed by atoms with E-state index in [0.29, 0.717) is 90.4 Å². The molecule has 12 unspecified atom stereocenters. The van der Waals surface area contributed by atoms with Crippen molar-refractivity contribution in [3.8, 4) is 0 Å². The van der Waals surface area contributed by atoms with E-state index in [9.17, 15) is 87.5 Å². The Bertz CT molecular complexity index is 2270. The number of carboxylic acid groups (broad SMARTS) is 4. The van der Waals surface area contributed by atoms with Crippen molar-refractivity contribution in [1.29, 1.82) is 0 Å². The summed E-state index contributed by atoms with van der Waals surface area (Å²) >= 11 is 0. The number of aliphatic hydroxyl groups excluding tert-OH is 2. The maximum atomic E-state index is 13.3. The number of nitrogens with zero attached hydrogens (tertiary/aromatic N) is 2. The summed E-state index contributed by atoms with van der Waals surface area (Å²) in [5, 5.41) is 75.1. The Morgan fingerprint density at radius 1 is 0.456 bits per heavy atom. The Hall–Kier alpha value is -7.66. The number of nitrogens with one attached hydrogen (secondary N) is 8. The summed E-state index contributed by atoms with van der Waals surface area (Å²) in [7, 11) is 0. The highest BCUT2D eigenvalue weighted by molar-refractivity contribution is 5.98. The number of likely N-dealkylation sites (tertiary alicyclic amines) is 2. The SMILES string of the molecule is CC(C)CC(N)C(=O)N1CCCC1C(=O)NC(CCCCN)C(=O)NC(C(=O)NCC(=O)NC(CCC(=O)O)C(=O)O)C(C)O.CC(C)CC(N)C(=O)N1CCCC1C(=O)NC(CCCCN)C(=O)NC(C(=O)NCC(=O)NC(CCC(=O)O)C(=O)O)C(C)O. The van der Waals surface area contributed by atoms with Gasteiger partial charge >= 0.3 is 23.9 Å². The zero-order chi connectivity index (χ0) is 68.5. The smallest absolute Gasteiger partial charge is 0.326 e. The van der Waals surface area contributed by atoms with Crippen LogP contribution in [-0.4, -0.2) is 235 Å². The minimum absolute atomic E-state index is 0.145. The van der Waals surface area contributed by atoms with E-state index in [1.165, 1.54) is 23.6 Å². The molecule has 0 bridgehead atoms. The van der Waals surface area contributed by atoms with Crippen molar-refractivity contribution in [2.45, 2.75) is 217 Å². The van der Waals surface area contributed by atoms with Gasteiger partial charge in [0.05, 0.1) is 37.4 Å². The average molecular weight is 1290 g/mol. The van der Waals surface area contributed by atoms with Gasteiger partial charge in [0.25, 0.3) is 0 Å². The lowest BCUT2D eigenvalue weighted by molar-refractivity contribution is -0.144. The van der Waals surface area contributed by atoms with E-state index < -0.39 is 170 Å². The van der Waals surface area contributed by atoms with E-state index in [2.05, 4.69) is 42.5 Å². The van der Waals surface area contributed by atoms with Gasteiger partial charge in [-0.05, 0) is 129 Å². The van der Waals surface area contributed by atoms with Crippen LogP contribution >= 0.6 is 0 Å². The molecule has 2 aliphatic heterocycles. The maximum absolute atomic E-state index is 13.3. The number of hydrogen-bond acceptors (Lipinski definition) is 20. The Morgan fingerprint density at radius 2 is 0.789 bits per heavy atom. The molecule has 0 aromatic carbocycles. The van der Waals surface area contributed by atoms with Gasteiger partial charge in [-0.15, -0.1) is 0 Å². The lowest BCUT2D eigenvalue weighted by Gasteiger charge is -2.29. The Balaban J connectivity index is 0.000000900. The largest absolute Gasteiger partial charge is 0.481 e. The topological polar surface area (TPSA) is 567 Å². The molecule has 2 heterocycles. The van der Waals surface area contributed by atoms with Gasteiger partial charge in [-0.25, -0.2) is 9.59 Å². The number of amides is 10. The predicted molar refractivity (Wildman–Crippen MR) is 320 cm³/mol. The molecule has 0 radical (unpaired) electrons. The lowest BCUT2D eigenvalue weighted by Crippen LogP contribution is -2.59. The average Bonchev–Trinajstić information content (AvgIpc) is 1.79. The molecule has 0 saturated carbocycles. The Labute approximate surface area is 522 Å². The number of aliphatic hydroxyl groups is 2. The second kappa shape index (κ2) is 41.6. The molecule has 90 heavy (non-hydrogen) atoms. The second-order valence-corrected chi connectivity index (χ2v) is 23.2. The van der Waals surface area contributed by atoms with Crippen LogP contribution in [0, 0.1) is 11.8 Å². The Morgan fingerprint density at radius 3 is 1.07 bits per heavy atom. The summed E-state index contributed by atoms with van der Waals surface area (Å²) in [6.45, 7) is 10.1.